The molecule has 22 heavy (non-hydrogen) atoms. The van der Waals surface area contributed by atoms with Gasteiger partial charge in [0.15, 0.2) is 5.11 Å². The molecule has 0 unspecified atom stereocenters. The minimum Gasteiger partial charge on any atom is -0.362 e. The Labute approximate surface area is 136 Å². The van der Waals surface area contributed by atoms with Crippen molar-refractivity contribution < 1.29 is 4.39 Å². The molecule has 0 aliphatic rings. The third-order valence-corrected chi connectivity index (χ3v) is 3.72. The van der Waals surface area contributed by atoms with Crippen molar-refractivity contribution in [3.63, 3.8) is 0 Å². The summed E-state index contributed by atoms with van der Waals surface area (Å²) in [5.41, 5.74) is 3.67. The number of aryl methyl sites for hydroxylation is 1. The molecule has 0 saturated heterocycles. The van der Waals surface area contributed by atoms with Gasteiger partial charge in [0, 0.05) is 13.1 Å². The molecule has 4 heteroatoms. The summed E-state index contributed by atoms with van der Waals surface area (Å²) in [6.45, 7) is 3.63. The van der Waals surface area contributed by atoms with Crippen LogP contribution in [0.25, 0.3) is 0 Å². The van der Waals surface area contributed by atoms with E-state index >= 15 is 0 Å². The van der Waals surface area contributed by atoms with Gasteiger partial charge in [-0.1, -0.05) is 42.0 Å². The van der Waals surface area contributed by atoms with E-state index in [4.69, 9.17) is 12.2 Å². The molecule has 0 amide bonds. The molecule has 116 valence electrons. The van der Waals surface area contributed by atoms with E-state index in [1.807, 2.05) is 0 Å². The third kappa shape index (κ3) is 5.82. The Balaban J connectivity index is 1.61. The molecule has 2 N–H and O–H groups in total. The first-order chi connectivity index (χ1) is 10.6. The van der Waals surface area contributed by atoms with Gasteiger partial charge in [-0.3, -0.25) is 0 Å². The van der Waals surface area contributed by atoms with Crippen molar-refractivity contribution >= 4 is 17.3 Å². The van der Waals surface area contributed by atoms with E-state index in [1.165, 1.54) is 23.3 Å². The highest BCUT2D eigenvalue weighted by molar-refractivity contribution is 7.80. The number of halogens is 1. The van der Waals surface area contributed by atoms with Crippen LogP contribution in [0.5, 0.6) is 0 Å². The van der Waals surface area contributed by atoms with E-state index in [0.29, 0.717) is 5.11 Å². The largest absolute Gasteiger partial charge is 0.362 e. The second kappa shape index (κ2) is 8.49. The molecular formula is C18H21FN2S. The standard InChI is InChI=1S/C18H21FN2S/c1-14-2-4-15(5-3-14)10-12-20-18(22)21-13-11-16-6-8-17(19)9-7-16/h2-9H,10-13H2,1H3,(H2,20,21,22). The number of hydrogen-bond donors (Lipinski definition) is 2. The van der Waals surface area contributed by atoms with Crippen LogP contribution in [0.1, 0.15) is 16.7 Å². The highest BCUT2D eigenvalue weighted by atomic mass is 32.1. The van der Waals surface area contributed by atoms with Crippen molar-refractivity contribution in [2.45, 2.75) is 19.8 Å². The van der Waals surface area contributed by atoms with Gasteiger partial charge >= 0.3 is 0 Å². The Morgan fingerprint density at radius 3 is 1.82 bits per heavy atom. The fourth-order valence-corrected chi connectivity index (χ4v) is 2.31. The smallest absolute Gasteiger partial charge is 0.166 e. The summed E-state index contributed by atoms with van der Waals surface area (Å²) in [4.78, 5) is 0. The highest BCUT2D eigenvalue weighted by Gasteiger charge is 1.98. The van der Waals surface area contributed by atoms with Gasteiger partial charge in [-0.15, -0.1) is 0 Å². The zero-order valence-corrected chi connectivity index (χ0v) is 13.5. The van der Waals surface area contributed by atoms with Crippen molar-refractivity contribution in [1.82, 2.24) is 10.6 Å². The molecule has 0 aliphatic carbocycles. The molecule has 2 aromatic rings. The molecule has 0 aromatic heterocycles. The van der Waals surface area contributed by atoms with Gasteiger partial charge in [-0.25, -0.2) is 4.39 Å². The summed E-state index contributed by atoms with van der Waals surface area (Å²) < 4.78 is 12.8. The highest BCUT2D eigenvalue weighted by Crippen LogP contribution is 2.03. The molecule has 2 rings (SSSR count). The number of thiocarbonyl (C=S) groups is 1. The van der Waals surface area contributed by atoms with Crippen LogP contribution < -0.4 is 10.6 Å². The fourth-order valence-electron chi connectivity index (χ4n) is 2.11. The summed E-state index contributed by atoms with van der Waals surface area (Å²) in [5.74, 6) is -0.204. The quantitative estimate of drug-likeness (QED) is 0.799. The predicted molar refractivity (Wildman–Crippen MR) is 93.6 cm³/mol. The minimum absolute atomic E-state index is 0.204. The first kappa shape index (κ1) is 16.4. The van der Waals surface area contributed by atoms with Gasteiger partial charge in [0.1, 0.15) is 5.82 Å². The Morgan fingerprint density at radius 1 is 0.864 bits per heavy atom. The molecule has 0 radical (unpaired) electrons. The first-order valence-corrected chi connectivity index (χ1v) is 7.86. The number of benzene rings is 2. The summed E-state index contributed by atoms with van der Waals surface area (Å²) in [5, 5.41) is 7.03. The summed E-state index contributed by atoms with van der Waals surface area (Å²) in [6, 6.07) is 15.1. The van der Waals surface area contributed by atoms with E-state index in [-0.39, 0.29) is 5.82 Å². The van der Waals surface area contributed by atoms with E-state index in [0.717, 1.165) is 31.5 Å². The van der Waals surface area contributed by atoms with Crippen molar-refractivity contribution in [3.05, 3.63) is 71.0 Å². The topological polar surface area (TPSA) is 24.1 Å². The summed E-state index contributed by atoms with van der Waals surface area (Å²) in [6.07, 6.45) is 1.76. The fraction of sp³-hybridized carbons (Fsp3) is 0.278. The SMILES string of the molecule is Cc1ccc(CCNC(=S)NCCc2ccc(F)cc2)cc1. The van der Waals surface area contributed by atoms with Gasteiger partial charge in [0.2, 0.25) is 0 Å². The molecule has 0 fully saturated rings. The van der Waals surface area contributed by atoms with Crippen molar-refractivity contribution in [2.24, 2.45) is 0 Å². The Morgan fingerprint density at radius 2 is 1.32 bits per heavy atom. The second-order valence-corrected chi connectivity index (χ2v) is 5.70. The Hall–Kier alpha value is -1.94. The monoisotopic (exact) mass is 316 g/mol. The van der Waals surface area contributed by atoms with Gasteiger partial charge in [-0.05, 0) is 55.2 Å². The lowest BCUT2D eigenvalue weighted by Crippen LogP contribution is -2.37. The van der Waals surface area contributed by atoms with Crippen LogP contribution >= 0.6 is 12.2 Å². The van der Waals surface area contributed by atoms with E-state index in [1.54, 1.807) is 12.1 Å². The third-order valence-electron chi connectivity index (χ3n) is 3.43. The normalized spacial score (nSPS) is 10.3. The maximum absolute atomic E-state index is 12.8. The molecule has 2 aromatic carbocycles. The van der Waals surface area contributed by atoms with Crippen LogP contribution in [0.2, 0.25) is 0 Å². The number of rotatable bonds is 6. The molecule has 0 spiro atoms. The zero-order valence-electron chi connectivity index (χ0n) is 12.7. The van der Waals surface area contributed by atoms with Crippen LogP contribution in [0, 0.1) is 12.7 Å². The molecule has 0 aliphatic heterocycles. The van der Waals surface area contributed by atoms with Crippen molar-refractivity contribution in [1.29, 1.82) is 0 Å². The maximum atomic E-state index is 12.8. The van der Waals surface area contributed by atoms with Crippen LogP contribution in [-0.4, -0.2) is 18.2 Å². The second-order valence-electron chi connectivity index (χ2n) is 5.29. The first-order valence-electron chi connectivity index (χ1n) is 7.45. The lowest BCUT2D eigenvalue weighted by Gasteiger charge is -2.10. The van der Waals surface area contributed by atoms with Crippen LogP contribution in [-0.2, 0) is 12.8 Å². The van der Waals surface area contributed by atoms with E-state index in [9.17, 15) is 4.39 Å². The summed E-state index contributed by atoms with van der Waals surface area (Å²) >= 11 is 5.24. The van der Waals surface area contributed by atoms with Gasteiger partial charge < -0.3 is 10.6 Å². The average Bonchev–Trinajstić information content (AvgIpc) is 2.51. The van der Waals surface area contributed by atoms with Crippen LogP contribution in [0.4, 0.5) is 4.39 Å². The molecular weight excluding hydrogens is 295 g/mol. The van der Waals surface area contributed by atoms with Gasteiger partial charge in [-0.2, -0.15) is 0 Å². The molecule has 0 heterocycles. The molecule has 0 saturated carbocycles. The lowest BCUT2D eigenvalue weighted by molar-refractivity contribution is 0.627. The van der Waals surface area contributed by atoms with Crippen LogP contribution in [0.3, 0.4) is 0 Å². The van der Waals surface area contributed by atoms with Gasteiger partial charge in [0.05, 0.1) is 0 Å². The minimum atomic E-state index is -0.204. The number of nitrogens with one attached hydrogen (secondary N) is 2. The zero-order chi connectivity index (χ0) is 15.8. The van der Waals surface area contributed by atoms with Crippen LogP contribution in [0.15, 0.2) is 48.5 Å². The molecule has 0 bridgehead atoms. The molecule has 2 nitrogen and oxygen atoms in total. The Bertz CT molecular complexity index is 540. The number of hydrogen-bond acceptors (Lipinski definition) is 1. The summed E-state index contributed by atoms with van der Waals surface area (Å²) in [7, 11) is 0. The van der Waals surface area contributed by atoms with E-state index < -0.39 is 0 Å². The lowest BCUT2D eigenvalue weighted by atomic mass is 10.1. The molecule has 0 atom stereocenters. The maximum Gasteiger partial charge on any atom is 0.166 e. The average molecular weight is 316 g/mol. The van der Waals surface area contributed by atoms with Gasteiger partial charge in [0.25, 0.3) is 0 Å². The van der Waals surface area contributed by atoms with E-state index in [2.05, 4.69) is 41.8 Å². The van der Waals surface area contributed by atoms with Crippen molar-refractivity contribution in [3.8, 4) is 0 Å². The Kier molecular flexibility index (Phi) is 6.34. The predicted octanol–water partition coefficient (Wildman–Crippen LogP) is 3.38. The van der Waals surface area contributed by atoms with Crippen molar-refractivity contribution in [2.75, 3.05) is 13.1 Å².